The number of morpholine rings is 1. The molecule has 2 rings (SSSR count). The lowest BCUT2D eigenvalue weighted by atomic mass is 10.3. The molecule has 9 heteroatoms. The molecule has 8 nitrogen and oxygen atoms in total. The summed E-state index contributed by atoms with van der Waals surface area (Å²) in [6.07, 6.45) is 0. The van der Waals surface area contributed by atoms with E-state index in [-0.39, 0.29) is 17.1 Å². The Hall–Kier alpha value is -1.67. The smallest absolute Gasteiger partial charge is 0.242 e. The van der Waals surface area contributed by atoms with Crippen molar-refractivity contribution in [2.75, 3.05) is 43.1 Å². The Labute approximate surface area is 128 Å². The minimum Gasteiger partial charge on any atom is -0.378 e. The summed E-state index contributed by atoms with van der Waals surface area (Å²) in [6.45, 7) is 6.82. The molecule has 0 bridgehead atoms. The summed E-state index contributed by atoms with van der Waals surface area (Å²) in [5.41, 5.74) is 0. The zero-order valence-corrected chi connectivity index (χ0v) is 12.9. The Morgan fingerprint density at radius 2 is 2.10 bits per heavy atom. The SMILES string of the molecule is CCNC(=O)C(C)Nc1nc(Cl)nc(N2CCOCC2)n1. The van der Waals surface area contributed by atoms with Crippen LogP contribution < -0.4 is 15.5 Å². The molecule has 21 heavy (non-hydrogen) atoms. The number of carbonyl (C=O) groups excluding carboxylic acids is 1. The average molecular weight is 315 g/mol. The summed E-state index contributed by atoms with van der Waals surface area (Å²) in [4.78, 5) is 26.1. The van der Waals surface area contributed by atoms with Gasteiger partial charge in [-0.2, -0.15) is 15.0 Å². The van der Waals surface area contributed by atoms with E-state index in [4.69, 9.17) is 16.3 Å². The van der Waals surface area contributed by atoms with Gasteiger partial charge < -0.3 is 20.3 Å². The second-order valence-corrected chi connectivity index (χ2v) is 4.93. The molecule has 1 aromatic heterocycles. The molecule has 2 N–H and O–H groups in total. The fourth-order valence-electron chi connectivity index (χ4n) is 1.90. The largest absolute Gasteiger partial charge is 0.378 e. The fraction of sp³-hybridized carbons (Fsp3) is 0.667. The molecule has 1 saturated heterocycles. The molecule has 1 aliphatic heterocycles. The Bertz CT molecular complexity index is 495. The molecule has 0 saturated carbocycles. The monoisotopic (exact) mass is 314 g/mol. The molecule has 0 aliphatic carbocycles. The van der Waals surface area contributed by atoms with Crippen molar-refractivity contribution in [2.24, 2.45) is 0 Å². The normalized spacial score (nSPS) is 16.4. The number of aromatic nitrogens is 3. The number of likely N-dealkylation sites (N-methyl/N-ethyl adjacent to an activating group) is 1. The molecular weight excluding hydrogens is 296 g/mol. The van der Waals surface area contributed by atoms with E-state index in [0.29, 0.717) is 38.8 Å². The minimum atomic E-state index is -0.457. The van der Waals surface area contributed by atoms with Gasteiger partial charge in [0.15, 0.2) is 0 Å². The van der Waals surface area contributed by atoms with Crippen LogP contribution in [0.2, 0.25) is 5.28 Å². The van der Waals surface area contributed by atoms with Crippen molar-refractivity contribution in [2.45, 2.75) is 19.9 Å². The first-order valence-electron chi connectivity index (χ1n) is 6.88. The number of nitrogens with one attached hydrogen (secondary N) is 2. The third kappa shape index (κ3) is 4.40. The van der Waals surface area contributed by atoms with E-state index in [2.05, 4.69) is 25.6 Å². The molecule has 0 spiro atoms. The molecule has 2 heterocycles. The fourth-order valence-corrected chi connectivity index (χ4v) is 2.05. The first kappa shape index (κ1) is 15.7. The topological polar surface area (TPSA) is 92.3 Å². The maximum absolute atomic E-state index is 11.7. The van der Waals surface area contributed by atoms with Crippen molar-refractivity contribution in [1.82, 2.24) is 20.3 Å². The van der Waals surface area contributed by atoms with Gasteiger partial charge in [-0.25, -0.2) is 0 Å². The Kier molecular flexibility index (Phi) is 5.51. The van der Waals surface area contributed by atoms with Crippen LogP contribution in [0.5, 0.6) is 0 Å². The van der Waals surface area contributed by atoms with Crippen molar-refractivity contribution in [3.8, 4) is 0 Å². The Balaban J connectivity index is 2.09. The van der Waals surface area contributed by atoms with Gasteiger partial charge in [-0.05, 0) is 25.4 Å². The maximum Gasteiger partial charge on any atom is 0.242 e. The third-order valence-electron chi connectivity index (χ3n) is 2.98. The van der Waals surface area contributed by atoms with Gasteiger partial charge in [0, 0.05) is 19.6 Å². The number of ether oxygens (including phenoxy) is 1. The van der Waals surface area contributed by atoms with Crippen LogP contribution in [0.4, 0.5) is 11.9 Å². The van der Waals surface area contributed by atoms with Crippen LogP contribution >= 0.6 is 11.6 Å². The van der Waals surface area contributed by atoms with Gasteiger partial charge in [0.2, 0.25) is 23.1 Å². The number of hydrogen-bond donors (Lipinski definition) is 2. The van der Waals surface area contributed by atoms with E-state index in [1.165, 1.54) is 0 Å². The molecule has 0 aromatic carbocycles. The summed E-state index contributed by atoms with van der Waals surface area (Å²) in [5.74, 6) is 0.654. The highest BCUT2D eigenvalue weighted by molar-refractivity contribution is 6.28. The van der Waals surface area contributed by atoms with E-state index in [1.54, 1.807) is 6.92 Å². The average Bonchev–Trinajstić information content (AvgIpc) is 2.47. The number of carbonyl (C=O) groups is 1. The van der Waals surface area contributed by atoms with Crippen LogP contribution in [-0.2, 0) is 9.53 Å². The second-order valence-electron chi connectivity index (χ2n) is 4.59. The number of halogens is 1. The van der Waals surface area contributed by atoms with E-state index < -0.39 is 6.04 Å². The van der Waals surface area contributed by atoms with E-state index >= 15 is 0 Å². The van der Waals surface area contributed by atoms with Crippen molar-refractivity contribution in [3.05, 3.63) is 5.28 Å². The zero-order chi connectivity index (χ0) is 15.2. The van der Waals surface area contributed by atoms with Gasteiger partial charge in [-0.1, -0.05) is 0 Å². The lowest BCUT2D eigenvalue weighted by Gasteiger charge is -2.27. The predicted octanol–water partition coefficient (Wildman–Crippen LogP) is 0.298. The van der Waals surface area contributed by atoms with Gasteiger partial charge in [0.1, 0.15) is 6.04 Å². The highest BCUT2D eigenvalue weighted by Crippen LogP contribution is 2.15. The summed E-state index contributed by atoms with van der Waals surface area (Å²) >= 11 is 5.93. The summed E-state index contributed by atoms with van der Waals surface area (Å²) in [5, 5.41) is 5.75. The summed E-state index contributed by atoms with van der Waals surface area (Å²) in [6, 6.07) is -0.457. The van der Waals surface area contributed by atoms with Crippen LogP contribution in [0.15, 0.2) is 0 Å². The zero-order valence-electron chi connectivity index (χ0n) is 12.1. The molecule has 1 aliphatic rings. The first-order chi connectivity index (χ1) is 10.1. The summed E-state index contributed by atoms with van der Waals surface area (Å²) in [7, 11) is 0. The van der Waals surface area contributed by atoms with Crippen LogP contribution in [0.25, 0.3) is 0 Å². The minimum absolute atomic E-state index is 0.0945. The van der Waals surface area contributed by atoms with Crippen molar-refractivity contribution >= 4 is 29.4 Å². The third-order valence-corrected chi connectivity index (χ3v) is 3.15. The van der Waals surface area contributed by atoms with Crippen molar-refractivity contribution in [3.63, 3.8) is 0 Å². The second kappa shape index (κ2) is 7.37. The Morgan fingerprint density at radius 1 is 1.38 bits per heavy atom. The van der Waals surface area contributed by atoms with Gasteiger partial charge in [0.05, 0.1) is 13.2 Å². The van der Waals surface area contributed by atoms with Crippen LogP contribution in [0.3, 0.4) is 0 Å². The molecule has 0 radical (unpaired) electrons. The lowest BCUT2D eigenvalue weighted by molar-refractivity contribution is -0.121. The van der Waals surface area contributed by atoms with E-state index in [0.717, 1.165) is 0 Å². The number of nitrogens with zero attached hydrogens (tertiary/aromatic N) is 4. The summed E-state index contributed by atoms with van der Waals surface area (Å²) < 4.78 is 5.29. The van der Waals surface area contributed by atoms with Gasteiger partial charge >= 0.3 is 0 Å². The Morgan fingerprint density at radius 3 is 2.76 bits per heavy atom. The van der Waals surface area contributed by atoms with Crippen LogP contribution in [0.1, 0.15) is 13.8 Å². The first-order valence-corrected chi connectivity index (χ1v) is 7.26. The number of rotatable bonds is 5. The van der Waals surface area contributed by atoms with Gasteiger partial charge in [-0.15, -0.1) is 0 Å². The van der Waals surface area contributed by atoms with Gasteiger partial charge in [-0.3, -0.25) is 4.79 Å². The highest BCUT2D eigenvalue weighted by Gasteiger charge is 2.18. The van der Waals surface area contributed by atoms with Crippen LogP contribution in [0, 0.1) is 0 Å². The molecule has 1 fully saturated rings. The van der Waals surface area contributed by atoms with Crippen molar-refractivity contribution < 1.29 is 9.53 Å². The van der Waals surface area contributed by atoms with Crippen molar-refractivity contribution in [1.29, 1.82) is 0 Å². The molecule has 1 unspecified atom stereocenters. The van der Waals surface area contributed by atoms with E-state index in [1.807, 2.05) is 11.8 Å². The number of anilines is 2. The van der Waals surface area contributed by atoms with Crippen LogP contribution in [-0.4, -0.2) is 59.7 Å². The predicted molar refractivity (Wildman–Crippen MR) is 79.6 cm³/mol. The molecule has 116 valence electrons. The molecular formula is C12H19ClN6O2. The number of amides is 1. The number of hydrogen-bond acceptors (Lipinski definition) is 7. The molecule has 1 atom stereocenters. The molecule has 1 amide bonds. The maximum atomic E-state index is 11.7. The highest BCUT2D eigenvalue weighted by atomic mass is 35.5. The molecule has 1 aromatic rings. The quantitative estimate of drug-likeness (QED) is 0.807. The van der Waals surface area contributed by atoms with Gasteiger partial charge in [0.25, 0.3) is 0 Å². The lowest BCUT2D eigenvalue weighted by Crippen LogP contribution is -2.39. The van der Waals surface area contributed by atoms with E-state index in [9.17, 15) is 4.79 Å². The standard InChI is InChI=1S/C12H19ClN6O2/c1-3-14-9(20)8(2)15-11-16-10(13)17-12(18-11)19-4-6-21-7-5-19/h8H,3-7H2,1-2H3,(H,14,20)(H,15,16,17,18).